The zero-order valence-corrected chi connectivity index (χ0v) is 15.2. The summed E-state index contributed by atoms with van der Waals surface area (Å²) in [6.07, 6.45) is 4.32. The summed E-state index contributed by atoms with van der Waals surface area (Å²) in [6.45, 7) is 6.80. The Labute approximate surface area is 152 Å². The Balaban J connectivity index is 1.71. The minimum Gasteiger partial charge on any atom is -0.303 e. The van der Waals surface area contributed by atoms with Gasteiger partial charge < -0.3 is 4.90 Å². The van der Waals surface area contributed by atoms with Gasteiger partial charge in [-0.25, -0.2) is 9.67 Å². The second-order valence-electron chi connectivity index (χ2n) is 6.82. The maximum absolute atomic E-state index is 13.0. The lowest BCUT2D eigenvalue weighted by atomic mass is 10.0. The van der Waals surface area contributed by atoms with E-state index in [0.717, 1.165) is 23.4 Å². The SMILES string of the molecule is Cc1nc(C(=O)N2CCc3ccncc32)nn1-c1ccccc1C(C)C. The first kappa shape index (κ1) is 16.4. The van der Waals surface area contributed by atoms with Crippen molar-refractivity contribution in [3.8, 4) is 5.69 Å². The van der Waals surface area contributed by atoms with Crippen LogP contribution in [0.3, 0.4) is 0 Å². The van der Waals surface area contributed by atoms with Gasteiger partial charge in [0.15, 0.2) is 0 Å². The first-order valence-electron chi connectivity index (χ1n) is 8.84. The number of anilines is 1. The number of hydrogen-bond acceptors (Lipinski definition) is 4. The predicted molar refractivity (Wildman–Crippen MR) is 99.8 cm³/mol. The van der Waals surface area contributed by atoms with Gasteiger partial charge in [0.1, 0.15) is 5.82 Å². The summed E-state index contributed by atoms with van der Waals surface area (Å²) in [5.41, 5.74) is 4.13. The Morgan fingerprint density at radius 1 is 1.15 bits per heavy atom. The molecule has 1 aromatic carbocycles. The molecular formula is C20H21N5O. The molecule has 3 aromatic rings. The van der Waals surface area contributed by atoms with E-state index in [0.29, 0.717) is 18.3 Å². The van der Waals surface area contributed by atoms with Crippen molar-refractivity contribution < 1.29 is 4.79 Å². The summed E-state index contributed by atoms with van der Waals surface area (Å²) >= 11 is 0. The third-order valence-electron chi connectivity index (χ3n) is 4.78. The van der Waals surface area contributed by atoms with Crippen molar-refractivity contribution in [2.24, 2.45) is 0 Å². The van der Waals surface area contributed by atoms with Crippen LogP contribution >= 0.6 is 0 Å². The summed E-state index contributed by atoms with van der Waals surface area (Å²) in [7, 11) is 0. The average molecular weight is 347 g/mol. The Hall–Kier alpha value is -3.02. The van der Waals surface area contributed by atoms with Gasteiger partial charge >= 0.3 is 0 Å². The predicted octanol–water partition coefficient (Wildman–Crippen LogP) is 3.30. The highest BCUT2D eigenvalue weighted by Crippen LogP contribution is 2.28. The summed E-state index contributed by atoms with van der Waals surface area (Å²) in [5, 5.41) is 4.53. The van der Waals surface area contributed by atoms with Crippen LogP contribution in [-0.4, -0.2) is 32.2 Å². The lowest BCUT2D eigenvalue weighted by Gasteiger charge is -2.14. The minimum atomic E-state index is -0.180. The van der Waals surface area contributed by atoms with Gasteiger partial charge in [0.05, 0.1) is 17.6 Å². The van der Waals surface area contributed by atoms with Crippen LogP contribution in [0, 0.1) is 6.92 Å². The third-order valence-corrected chi connectivity index (χ3v) is 4.78. The highest BCUT2D eigenvalue weighted by molar-refractivity contribution is 6.04. The first-order valence-corrected chi connectivity index (χ1v) is 8.84. The van der Waals surface area contributed by atoms with Crippen LogP contribution in [0.25, 0.3) is 5.69 Å². The Morgan fingerprint density at radius 2 is 1.96 bits per heavy atom. The molecule has 6 nitrogen and oxygen atoms in total. The first-order chi connectivity index (χ1) is 12.6. The molecular weight excluding hydrogens is 326 g/mol. The third kappa shape index (κ3) is 2.67. The van der Waals surface area contributed by atoms with Crippen LogP contribution in [-0.2, 0) is 6.42 Å². The van der Waals surface area contributed by atoms with Crippen molar-refractivity contribution in [1.29, 1.82) is 0 Å². The van der Waals surface area contributed by atoms with Crippen LogP contribution in [0.1, 0.15) is 47.3 Å². The van der Waals surface area contributed by atoms with Crippen LogP contribution in [0.2, 0.25) is 0 Å². The highest BCUT2D eigenvalue weighted by atomic mass is 16.2. The Bertz CT molecular complexity index is 976. The van der Waals surface area contributed by atoms with Crippen LogP contribution < -0.4 is 4.90 Å². The number of carbonyl (C=O) groups excluding carboxylic acids is 1. The van der Waals surface area contributed by atoms with Crippen molar-refractivity contribution in [2.45, 2.75) is 33.1 Å². The number of rotatable bonds is 3. The molecule has 0 unspecified atom stereocenters. The normalized spacial score (nSPS) is 13.3. The van der Waals surface area contributed by atoms with E-state index in [1.165, 1.54) is 5.56 Å². The molecule has 0 saturated carbocycles. The number of aromatic nitrogens is 4. The van der Waals surface area contributed by atoms with E-state index in [2.05, 4.69) is 35.0 Å². The molecule has 0 spiro atoms. The number of hydrogen-bond donors (Lipinski definition) is 0. The number of pyridine rings is 1. The van der Waals surface area contributed by atoms with E-state index in [-0.39, 0.29) is 11.7 Å². The number of benzene rings is 1. The largest absolute Gasteiger partial charge is 0.303 e. The van der Waals surface area contributed by atoms with E-state index in [4.69, 9.17) is 0 Å². The zero-order chi connectivity index (χ0) is 18.3. The van der Waals surface area contributed by atoms with Gasteiger partial charge in [-0.3, -0.25) is 9.78 Å². The van der Waals surface area contributed by atoms with E-state index < -0.39 is 0 Å². The fourth-order valence-electron chi connectivity index (χ4n) is 3.43. The number of amides is 1. The van der Waals surface area contributed by atoms with Crippen molar-refractivity contribution in [2.75, 3.05) is 11.4 Å². The zero-order valence-electron chi connectivity index (χ0n) is 15.2. The molecule has 0 aliphatic carbocycles. The van der Waals surface area contributed by atoms with Gasteiger partial charge in [-0.05, 0) is 42.5 Å². The van der Waals surface area contributed by atoms with Gasteiger partial charge in [0.2, 0.25) is 5.82 Å². The fraction of sp³-hybridized carbons (Fsp3) is 0.300. The number of nitrogens with zero attached hydrogens (tertiary/aromatic N) is 5. The maximum Gasteiger partial charge on any atom is 0.298 e. The molecule has 26 heavy (non-hydrogen) atoms. The van der Waals surface area contributed by atoms with E-state index >= 15 is 0 Å². The molecule has 0 N–H and O–H groups in total. The number of fused-ring (bicyclic) bond motifs is 1. The quantitative estimate of drug-likeness (QED) is 0.729. The summed E-state index contributed by atoms with van der Waals surface area (Å²) in [4.78, 5) is 23.3. The molecule has 3 heterocycles. The number of aryl methyl sites for hydroxylation is 1. The molecule has 1 aliphatic rings. The summed E-state index contributed by atoms with van der Waals surface area (Å²) in [6, 6.07) is 10.1. The van der Waals surface area contributed by atoms with Gasteiger partial charge in [-0.1, -0.05) is 32.0 Å². The molecule has 0 atom stereocenters. The molecule has 0 radical (unpaired) electrons. The summed E-state index contributed by atoms with van der Waals surface area (Å²) < 4.78 is 1.77. The van der Waals surface area contributed by atoms with E-state index in [1.54, 1.807) is 22.0 Å². The highest BCUT2D eigenvalue weighted by Gasteiger charge is 2.29. The smallest absolute Gasteiger partial charge is 0.298 e. The second-order valence-corrected chi connectivity index (χ2v) is 6.82. The Kier molecular flexibility index (Phi) is 4.03. The molecule has 132 valence electrons. The van der Waals surface area contributed by atoms with Gasteiger partial charge in [0, 0.05) is 12.7 Å². The number of carbonyl (C=O) groups is 1. The van der Waals surface area contributed by atoms with Crippen molar-refractivity contribution in [3.63, 3.8) is 0 Å². The van der Waals surface area contributed by atoms with Gasteiger partial charge in [-0.2, -0.15) is 0 Å². The molecule has 0 bridgehead atoms. The summed E-state index contributed by atoms with van der Waals surface area (Å²) in [5.74, 6) is 1.09. The molecule has 2 aromatic heterocycles. The molecule has 1 aliphatic heterocycles. The minimum absolute atomic E-state index is 0.180. The molecule has 6 heteroatoms. The van der Waals surface area contributed by atoms with Crippen molar-refractivity contribution in [1.82, 2.24) is 19.7 Å². The lowest BCUT2D eigenvalue weighted by molar-refractivity contribution is 0.0979. The van der Waals surface area contributed by atoms with Gasteiger partial charge in [-0.15, -0.1) is 5.10 Å². The molecule has 4 rings (SSSR count). The van der Waals surface area contributed by atoms with Crippen molar-refractivity contribution in [3.05, 3.63) is 65.5 Å². The standard InChI is InChI=1S/C20H21N5O/c1-13(2)16-6-4-5-7-17(16)25-14(3)22-19(23-25)20(26)24-11-9-15-8-10-21-12-18(15)24/h4-8,10,12-13H,9,11H2,1-3H3. The molecule has 0 saturated heterocycles. The van der Waals surface area contributed by atoms with Gasteiger partial charge in [0.25, 0.3) is 5.91 Å². The topological polar surface area (TPSA) is 63.9 Å². The van der Waals surface area contributed by atoms with Crippen LogP contribution in [0.15, 0.2) is 42.7 Å². The fourth-order valence-corrected chi connectivity index (χ4v) is 3.43. The maximum atomic E-state index is 13.0. The van der Waals surface area contributed by atoms with Crippen LogP contribution in [0.5, 0.6) is 0 Å². The second kappa shape index (κ2) is 6.37. The molecule has 1 amide bonds. The van der Waals surface area contributed by atoms with Crippen LogP contribution in [0.4, 0.5) is 5.69 Å². The number of para-hydroxylation sites is 1. The lowest BCUT2D eigenvalue weighted by Crippen LogP contribution is -2.30. The Morgan fingerprint density at radius 3 is 2.77 bits per heavy atom. The monoisotopic (exact) mass is 347 g/mol. The average Bonchev–Trinajstić information content (AvgIpc) is 3.25. The van der Waals surface area contributed by atoms with Crippen molar-refractivity contribution >= 4 is 11.6 Å². The van der Waals surface area contributed by atoms with E-state index in [1.807, 2.05) is 31.2 Å². The van der Waals surface area contributed by atoms with E-state index in [9.17, 15) is 4.79 Å². The molecule has 0 fully saturated rings.